The van der Waals surface area contributed by atoms with Crippen molar-refractivity contribution >= 4 is 34.3 Å². The third kappa shape index (κ3) is 12.8. The van der Waals surface area contributed by atoms with Crippen LogP contribution in [0, 0.1) is 29.6 Å². The van der Waals surface area contributed by atoms with Crippen molar-refractivity contribution in [1.29, 1.82) is 0 Å². The third-order valence-corrected chi connectivity index (χ3v) is 15.5. The summed E-state index contributed by atoms with van der Waals surface area (Å²) in [4.78, 5) is 58.6. The number of aliphatic hydroxyl groups excluding tert-OH is 2. The summed E-state index contributed by atoms with van der Waals surface area (Å²) < 4.78 is 39.2. The molecule has 6 rings (SSSR count). The summed E-state index contributed by atoms with van der Waals surface area (Å²) in [6.45, 7) is 12.2. The first-order chi connectivity index (χ1) is 33.0. The second-order valence-electron chi connectivity index (χ2n) is 20.6. The Morgan fingerprint density at radius 2 is 1.64 bits per heavy atom. The van der Waals surface area contributed by atoms with Crippen LogP contribution in [0.3, 0.4) is 0 Å². The van der Waals surface area contributed by atoms with Gasteiger partial charge in [0.2, 0.25) is 5.79 Å². The van der Waals surface area contributed by atoms with E-state index < -0.39 is 77.8 Å². The van der Waals surface area contributed by atoms with Gasteiger partial charge >= 0.3 is 5.97 Å². The fraction of sp³-hybridized carbons (Fsp3) is 0.704. The second kappa shape index (κ2) is 24.4. The number of Topliss-reactive ketones (excluding diaryl/α,β-unsaturated/α-hetero) is 2. The van der Waals surface area contributed by atoms with Crippen LogP contribution in [0.15, 0.2) is 53.8 Å². The number of benzene rings is 1. The molecule has 3 aliphatic heterocycles. The van der Waals surface area contributed by atoms with E-state index in [1.54, 1.807) is 21.0 Å². The number of carbonyl (C=O) groups excluding carboxylic acids is 4. The number of piperidine rings is 1. The standard InChI is InChI=1S/C54H80N2O13/c1-10-38-25-32(2)24-33(3)26-47(65-8)50-48(66-9)28-35(5)54(63,69-50)51(60)52(61)56-21-12-11-14-42(56)53(62)68-49(36(6)43(58)31-44(38)59)34(4)27-37-15-18-45(46(29-37)64-7)67-40-16-17-41-39(30-40)19-22-55(41)20-13-23-57/h16-17,19,22,25,27,30,33,35-38,42-43,45-50,57-58,63H,10-15,18,20-21,23-24,26,28-29,31H2,1-9H3. The maximum absolute atomic E-state index is 14.6. The molecule has 15 nitrogen and oxygen atoms in total. The molecule has 1 aromatic heterocycles. The lowest BCUT2D eigenvalue weighted by molar-refractivity contribution is -0.302. The van der Waals surface area contributed by atoms with Crippen LogP contribution in [0.25, 0.3) is 10.9 Å². The minimum absolute atomic E-state index is 0.00419. The first-order valence-corrected chi connectivity index (χ1v) is 25.4. The van der Waals surface area contributed by atoms with Crippen LogP contribution in [0.4, 0.5) is 0 Å². The lowest BCUT2D eigenvalue weighted by Crippen LogP contribution is -2.64. The van der Waals surface area contributed by atoms with E-state index in [2.05, 4.69) is 17.6 Å². The van der Waals surface area contributed by atoms with Gasteiger partial charge in [-0.1, -0.05) is 45.4 Å². The molecule has 1 saturated carbocycles. The van der Waals surface area contributed by atoms with Crippen molar-refractivity contribution in [2.45, 2.75) is 180 Å². The maximum Gasteiger partial charge on any atom is 0.329 e. The Morgan fingerprint density at radius 3 is 2.33 bits per heavy atom. The number of hydrogen-bond acceptors (Lipinski definition) is 13. The molecule has 1 aliphatic carbocycles. The van der Waals surface area contributed by atoms with Crippen molar-refractivity contribution in [1.82, 2.24) is 9.47 Å². The molecule has 4 heterocycles. The van der Waals surface area contributed by atoms with E-state index in [1.807, 2.05) is 57.3 Å². The van der Waals surface area contributed by atoms with Crippen molar-refractivity contribution in [2.75, 3.05) is 34.5 Å². The molecule has 1 amide bonds. The van der Waals surface area contributed by atoms with Gasteiger partial charge in [-0.2, -0.15) is 0 Å². The summed E-state index contributed by atoms with van der Waals surface area (Å²) in [5.41, 5.74) is 2.74. The average Bonchev–Trinajstić information content (AvgIpc) is 3.75. The fourth-order valence-corrected chi connectivity index (χ4v) is 11.4. The van der Waals surface area contributed by atoms with Gasteiger partial charge < -0.3 is 53.2 Å². The Bertz CT molecular complexity index is 2130. The highest BCUT2D eigenvalue weighted by atomic mass is 16.7. The summed E-state index contributed by atoms with van der Waals surface area (Å²) in [6.07, 6.45) is 7.09. The predicted molar refractivity (Wildman–Crippen MR) is 260 cm³/mol. The molecule has 14 atom stereocenters. The van der Waals surface area contributed by atoms with Crippen molar-refractivity contribution in [3.8, 4) is 5.75 Å². The van der Waals surface area contributed by atoms with Crippen LogP contribution in [-0.2, 0) is 49.4 Å². The number of allylic oxidation sites excluding steroid dienone is 3. The molecule has 3 fully saturated rings. The number of hydrogen-bond donors (Lipinski definition) is 3. The Balaban J connectivity index is 1.28. The molecule has 15 heteroatoms. The van der Waals surface area contributed by atoms with E-state index in [-0.39, 0.29) is 62.2 Å². The van der Waals surface area contributed by atoms with E-state index in [0.29, 0.717) is 56.9 Å². The quantitative estimate of drug-likeness (QED) is 0.120. The number of amides is 1. The molecule has 14 unspecified atom stereocenters. The van der Waals surface area contributed by atoms with Crippen LogP contribution in [-0.4, -0.2) is 137 Å². The maximum atomic E-state index is 14.6. The van der Waals surface area contributed by atoms with Gasteiger partial charge in [-0.05, 0) is 126 Å². The van der Waals surface area contributed by atoms with Gasteiger partial charge in [0.15, 0.2) is 0 Å². The zero-order valence-corrected chi connectivity index (χ0v) is 42.5. The topological polar surface area (TPSA) is 193 Å². The largest absolute Gasteiger partial charge is 0.488 e. The number of fused-ring (bicyclic) bond motifs is 4. The van der Waals surface area contributed by atoms with E-state index in [0.717, 1.165) is 35.2 Å². The number of cyclic esters (lactones) is 1. The molecule has 0 radical (unpaired) electrons. The van der Waals surface area contributed by atoms with Crippen molar-refractivity contribution in [2.24, 2.45) is 29.6 Å². The molecule has 384 valence electrons. The zero-order valence-electron chi connectivity index (χ0n) is 42.5. The number of aromatic nitrogens is 1. The third-order valence-electron chi connectivity index (χ3n) is 15.5. The Kier molecular flexibility index (Phi) is 19.3. The van der Waals surface area contributed by atoms with Crippen molar-refractivity contribution < 1.29 is 62.9 Å². The predicted octanol–water partition coefficient (Wildman–Crippen LogP) is 6.90. The first-order valence-electron chi connectivity index (χ1n) is 25.4. The van der Waals surface area contributed by atoms with Crippen molar-refractivity contribution in [3.63, 3.8) is 0 Å². The molecule has 69 heavy (non-hydrogen) atoms. The molecule has 2 aromatic rings. The normalized spacial score (nSPS) is 35.2. The molecule has 4 aliphatic rings. The summed E-state index contributed by atoms with van der Waals surface area (Å²) >= 11 is 0. The number of methoxy groups -OCH3 is 3. The van der Waals surface area contributed by atoms with E-state index >= 15 is 0 Å². The molecule has 2 bridgehead atoms. The highest BCUT2D eigenvalue weighted by Gasteiger charge is 2.56. The number of nitrogens with zero attached hydrogens (tertiary/aromatic N) is 2. The molecular formula is C54H80N2O13. The number of ketones is 2. The number of aryl methyl sites for hydroxylation is 1. The molecule has 1 aromatic carbocycles. The monoisotopic (exact) mass is 965 g/mol. The SMILES string of the molecule is CCC1C=C(C)CC(C)CC(OC)C2OC(O)(C(=O)C(=O)N3CCCCC3C(=O)OC(C(C)=CC3CCC(Oc4ccc5c(ccn5CCCO)c4)C(OC)C3)C(C)C(O)CC1=O)C(C)CC2OC. The highest BCUT2D eigenvalue weighted by Crippen LogP contribution is 2.40. The second-order valence-corrected chi connectivity index (χ2v) is 20.6. The van der Waals surface area contributed by atoms with Gasteiger partial charge in [0.25, 0.3) is 11.7 Å². The highest BCUT2D eigenvalue weighted by molar-refractivity contribution is 6.39. The van der Waals surface area contributed by atoms with Crippen LogP contribution >= 0.6 is 0 Å². The van der Waals surface area contributed by atoms with Gasteiger partial charge in [0, 0.05) is 82.3 Å². The minimum Gasteiger partial charge on any atom is -0.488 e. The number of carbonyl (C=O) groups is 4. The fourth-order valence-electron chi connectivity index (χ4n) is 11.4. The Morgan fingerprint density at radius 1 is 0.913 bits per heavy atom. The summed E-state index contributed by atoms with van der Waals surface area (Å²) in [7, 11) is 4.75. The molecule has 0 spiro atoms. The number of ether oxygens (including phenoxy) is 6. The summed E-state index contributed by atoms with van der Waals surface area (Å²) in [5, 5.41) is 34.4. The zero-order chi connectivity index (χ0) is 50.2. The van der Waals surface area contributed by atoms with Crippen molar-refractivity contribution in [3.05, 3.63) is 53.8 Å². The minimum atomic E-state index is -2.52. The van der Waals surface area contributed by atoms with Gasteiger partial charge in [-0.25, -0.2) is 4.79 Å². The lowest BCUT2D eigenvalue weighted by Gasteiger charge is -2.47. The number of aliphatic hydroxyl groups is 3. The van der Waals surface area contributed by atoms with E-state index in [4.69, 9.17) is 28.4 Å². The summed E-state index contributed by atoms with van der Waals surface area (Å²) in [5.74, 6) is -6.83. The van der Waals surface area contributed by atoms with Crippen LogP contribution in [0.1, 0.15) is 119 Å². The molecular weight excluding hydrogens is 885 g/mol. The Hall–Kier alpha value is -3.96. The lowest BCUT2D eigenvalue weighted by atomic mass is 9.81. The van der Waals surface area contributed by atoms with Crippen LogP contribution < -0.4 is 4.74 Å². The molecule has 2 saturated heterocycles. The van der Waals surface area contributed by atoms with E-state index in [1.165, 1.54) is 19.1 Å². The van der Waals surface area contributed by atoms with Crippen LogP contribution in [0.5, 0.6) is 5.75 Å². The average molecular weight is 965 g/mol. The van der Waals surface area contributed by atoms with Gasteiger partial charge in [-0.3, -0.25) is 14.4 Å². The van der Waals surface area contributed by atoms with Crippen LogP contribution in [0.2, 0.25) is 0 Å². The van der Waals surface area contributed by atoms with Gasteiger partial charge in [-0.15, -0.1) is 0 Å². The van der Waals surface area contributed by atoms with Gasteiger partial charge in [0.1, 0.15) is 35.9 Å². The number of rotatable bonds is 11. The first kappa shape index (κ1) is 54.4. The molecule has 3 N–H and O–H groups in total. The van der Waals surface area contributed by atoms with E-state index in [9.17, 15) is 34.5 Å². The Labute approximate surface area is 408 Å². The summed E-state index contributed by atoms with van der Waals surface area (Å²) in [6, 6.07) is 6.91. The van der Waals surface area contributed by atoms with Gasteiger partial charge in [0.05, 0.1) is 24.4 Å². The smallest absolute Gasteiger partial charge is 0.329 e. The number of esters is 1.